The highest BCUT2D eigenvalue weighted by atomic mass is 19.3. The molecule has 0 bridgehead atoms. The van der Waals surface area contributed by atoms with Gasteiger partial charge in [0, 0.05) is 23.4 Å². The first-order chi connectivity index (χ1) is 14.5. The summed E-state index contributed by atoms with van der Waals surface area (Å²) in [6.07, 6.45) is 6.14. The van der Waals surface area contributed by atoms with Crippen molar-refractivity contribution in [3.8, 4) is 5.75 Å². The minimum atomic E-state index is -2.94. The highest BCUT2D eigenvalue weighted by molar-refractivity contribution is 5.99. The number of alkyl halides is 2. The first kappa shape index (κ1) is 20.9. The number of carbonyl (C=O) groups is 2. The predicted molar refractivity (Wildman–Crippen MR) is 105 cm³/mol. The van der Waals surface area contributed by atoms with Crippen LogP contribution in [0.15, 0.2) is 73.1 Å². The van der Waals surface area contributed by atoms with Gasteiger partial charge >= 0.3 is 12.6 Å². The zero-order chi connectivity index (χ0) is 21.3. The molecule has 30 heavy (non-hydrogen) atoms. The molecule has 0 saturated carbocycles. The second-order valence-corrected chi connectivity index (χ2v) is 6.22. The molecule has 0 amide bonds. The van der Waals surface area contributed by atoms with Crippen molar-refractivity contribution < 1.29 is 27.8 Å². The standard InChI is InChI=1S/C22H18F2N2O4/c23-22(24)30-19-9-7-18(8-10-19)20(27)15-29-21(28)11-6-17-12-25-26(14-17)13-16-4-2-1-3-5-16/h1-12,14,22H,13,15H2/b11-6+. The number of aromatic nitrogens is 2. The molecular weight excluding hydrogens is 394 g/mol. The van der Waals surface area contributed by atoms with Crippen LogP contribution in [0.3, 0.4) is 0 Å². The lowest BCUT2D eigenvalue weighted by Crippen LogP contribution is -2.12. The van der Waals surface area contributed by atoms with Gasteiger partial charge in [0.1, 0.15) is 5.75 Å². The fourth-order valence-corrected chi connectivity index (χ4v) is 2.58. The number of carbonyl (C=O) groups excluding carboxylic acids is 2. The fraction of sp³-hybridized carbons (Fsp3) is 0.136. The van der Waals surface area contributed by atoms with Crippen molar-refractivity contribution in [3.63, 3.8) is 0 Å². The van der Waals surface area contributed by atoms with Gasteiger partial charge in [-0.05, 0) is 35.9 Å². The van der Waals surface area contributed by atoms with E-state index >= 15 is 0 Å². The number of rotatable bonds is 9. The van der Waals surface area contributed by atoms with Crippen LogP contribution in [0.5, 0.6) is 5.75 Å². The predicted octanol–water partition coefficient (Wildman–Crippen LogP) is 3.97. The van der Waals surface area contributed by atoms with Crippen molar-refractivity contribution in [2.45, 2.75) is 13.2 Å². The van der Waals surface area contributed by atoms with Crippen LogP contribution in [0.25, 0.3) is 6.08 Å². The monoisotopic (exact) mass is 412 g/mol. The number of ether oxygens (including phenoxy) is 2. The van der Waals surface area contributed by atoms with Crippen LogP contribution >= 0.6 is 0 Å². The van der Waals surface area contributed by atoms with Crippen LogP contribution in [-0.4, -0.2) is 34.8 Å². The molecule has 0 fully saturated rings. The quantitative estimate of drug-likeness (QED) is 0.302. The molecule has 1 aromatic heterocycles. The Bertz CT molecular complexity index is 1020. The second-order valence-electron chi connectivity index (χ2n) is 6.22. The summed E-state index contributed by atoms with van der Waals surface area (Å²) < 4.78 is 35.1. The van der Waals surface area contributed by atoms with Crippen LogP contribution in [0.4, 0.5) is 8.78 Å². The third kappa shape index (κ3) is 6.37. The maximum Gasteiger partial charge on any atom is 0.387 e. The third-order valence-corrected chi connectivity index (χ3v) is 4.00. The molecule has 2 aromatic carbocycles. The highest BCUT2D eigenvalue weighted by Gasteiger charge is 2.10. The number of esters is 1. The molecule has 6 nitrogen and oxygen atoms in total. The number of halogens is 2. The first-order valence-electron chi connectivity index (χ1n) is 8.99. The number of hydrogen-bond acceptors (Lipinski definition) is 5. The normalized spacial score (nSPS) is 11.0. The van der Waals surface area contributed by atoms with Crippen LogP contribution in [0.1, 0.15) is 21.5 Å². The molecule has 0 saturated heterocycles. The Balaban J connectivity index is 1.47. The Morgan fingerprint density at radius 1 is 1.07 bits per heavy atom. The van der Waals surface area contributed by atoms with Gasteiger partial charge in [0.25, 0.3) is 0 Å². The number of Topliss-reactive ketones (excluding diaryl/α,β-unsaturated/α-hetero) is 1. The topological polar surface area (TPSA) is 70.4 Å². The lowest BCUT2D eigenvalue weighted by atomic mass is 10.1. The molecule has 3 rings (SSSR count). The fourth-order valence-electron chi connectivity index (χ4n) is 2.58. The summed E-state index contributed by atoms with van der Waals surface area (Å²) in [4.78, 5) is 23.9. The Kier molecular flexibility index (Phi) is 7.05. The molecular formula is C22H18F2N2O4. The van der Waals surface area contributed by atoms with Gasteiger partial charge < -0.3 is 9.47 Å². The van der Waals surface area contributed by atoms with E-state index in [1.165, 1.54) is 36.4 Å². The van der Waals surface area contributed by atoms with Crippen LogP contribution in [-0.2, 0) is 16.1 Å². The Hall–Kier alpha value is -3.81. The Labute approximate surface area is 171 Å². The zero-order valence-corrected chi connectivity index (χ0v) is 15.8. The van der Waals surface area contributed by atoms with E-state index in [2.05, 4.69) is 9.84 Å². The number of hydrogen-bond donors (Lipinski definition) is 0. The lowest BCUT2D eigenvalue weighted by Gasteiger charge is -2.05. The molecule has 1 heterocycles. The maximum absolute atomic E-state index is 12.1. The van der Waals surface area contributed by atoms with Crippen LogP contribution < -0.4 is 4.74 Å². The molecule has 154 valence electrons. The largest absolute Gasteiger partial charge is 0.454 e. The summed E-state index contributed by atoms with van der Waals surface area (Å²) in [7, 11) is 0. The van der Waals surface area contributed by atoms with Crippen molar-refractivity contribution >= 4 is 17.8 Å². The minimum Gasteiger partial charge on any atom is -0.454 e. The first-order valence-corrected chi connectivity index (χ1v) is 8.99. The van der Waals surface area contributed by atoms with Crippen molar-refractivity contribution in [1.82, 2.24) is 9.78 Å². The summed E-state index contributed by atoms with van der Waals surface area (Å²) >= 11 is 0. The van der Waals surface area contributed by atoms with E-state index in [1.54, 1.807) is 17.1 Å². The number of nitrogens with zero attached hydrogens (tertiary/aromatic N) is 2. The van der Waals surface area contributed by atoms with E-state index in [-0.39, 0.29) is 11.3 Å². The molecule has 0 aliphatic rings. The van der Waals surface area contributed by atoms with E-state index in [9.17, 15) is 18.4 Å². The molecule has 0 spiro atoms. The van der Waals surface area contributed by atoms with E-state index in [0.717, 1.165) is 5.56 Å². The zero-order valence-electron chi connectivity index (χ0n) is 15.8. The number of ketones is 1. The number of benzene rings is 2. The van der Waals surface area contributed by atoms with Gasteiger partial charge in [-0.25, -0.2) is 4.79 Å². The van der Waals surface area contributed by atoms with E-state index in [4.69, 9.17) is 4.74 Å². The van der Waals surface area contributed by atoms with E-state index in [0.29, 0.717) is 12.1 Å². The van der Waals surface area contributed by atoms with Gasteiger partial charge in [0.15, 0.2) is 12.4 Å². The summed E-state index contributed by atoms with van der Waals surface area (Å²) in [5.41, 5.74) is 2.03. The van der Waals surface area contributed by atoms with Gasteiger partial charge in [-0.2, -0.15) is 13.9 Å². The van der Waals surface area contributed by atoms with Gasteiger partial charge in [-0.3, -0.25) is 9.48 Å². The van der Waals surface area contributed by atoms with E-state index in [1.807, 2.05) is 30.3 Å². The van der Waals surface area contributed by atoms with Crippen LogP contribution in [0, 0.1) is 0 Å². The second kappa shape index (κ2) is 10.1. The average molecular weight is 412 g/mol. The Morgan fingerprint density at radius 3 is 2.50 bits per heavy atom. The molecule has 8 heteroatoms. The van der Waals surface area contributed by atoms with Crippen molar-refractivity contribution in [2.75, 3.05) is 6.61 Å². The molecule has 3 aromatic rings. The van der Waals surface area contributed by atoms with Gasteiger partial charge in [0.2, 0.25) is 0 Å². The van der Waals surface area contributed by atoms with Crippen molar-refractivity contribution in [2.24, 2.45) is 0 Å². The molecule has 0 unspecified atom stereocenters. The van der Waals surface area contributed by atoms with Crippen LogP contribution in [0.2, 0.25) is 0 Å². The summed E-state index contributed by atoms with van der Waals surface area (Å²) in [5.74, 6) is -1.21. The summed E-state index contributed by atoms with van der Waals surface area (Å²) in [6.45, 7) is -2.80. The van der Waals surface area contributed by atoms with Crippen molar-refractivity contribution in [1.29, 1.82) is 0 Å². The molecule has 0 N–H and O–H groups in total. The Morgan fingerprint density at radius 2 is 1.80 bits per heavy atom. The highest BCUT2D eigenvalue weighted by Crippen LogP contribution is 2.15. The minimum absolute atomic E-state index is 0.0608. The summed E-state index contributed by atoms with van der Waals surface area (Å²) in [5, 5.41) is 4.23. The lowest BCUT2D eigenvalue weighted by molar-refractivity contribution is -0.136. The summed E-state index contributed by atoms with van der Waals surface area (Å²) in [6, 6.07) is 15.0. The smallest absolute Gasteiger partial charge is 0.387 e. The molecule has 0 atom stereocenters. The van der Waals surface area contributed by atoms with Crippen molar-refractivity contribution in [3.05, 3.63) is 89.8 Å². The third-order valence-electron chi connectivity index (χ3n) is 4.00. The van der Waals surface area contributed by atoms with Gasteiger partial charge in [-0.15, -0.1) is 0 Å². The maximum atomic E-state index is 12.1. The molecule has 0 radical (unpaired) electrons. The SMILES string of the molecule is O=C(/C=C/c1cnn(Cc2ccccc2)c1)OCC(=O)c1ccc(OC(F)F)cc1. The molecule has 0 aliphatic heterocycles. The average Bonchev–Trinajstić information content (AvgIpc) is 3.18. The van der Waals surface area contributed by atoms with Gasteiger partial charge in [-0.1, -0.05) is 30.3 Å². The van der Waals surface area contributed by atoms with E-state index < -0.39 is 25.0 Å². The van der Waals surface area contributed by atoms with Gasteiger partial charge in [0.05, 0.1) is 12.7 Å². The molecule has 0 aliphatic carbocycles.